The molecule has 0 bridgehead atoms. The van der Waals surface area contributed by atoms with Crippen molar-refractivity contribution in [3.63, 3.8) is 0 Å². The molecule has 0 saturated heterocycles. The molecule has 2 aliphatic rings. The Morgan fingerprint density at radius 2 is 1.23 bits per heavy atom. The molecule has 0 spiro atoms. The Morgan fingerprint density at radius 3 is 1.75 bits per heavy atom. The molecular weight excluding hydrogens is 506 g/mol. The molecular formula is C29H37N9O2. The molecule has 3 heterocycles. The molecule has 210 valence electrons. The van der Waals surface area contributed by atoms with Crippen LogP contribution in [0.2, 0.25) is 0 Å². The first-order chi connectivity index (χ1) is 19.8. The maximum Gasteiger partial charge on any atom is 0.216 e. The summed E-state index contributed by atoms with van der Waals surface area (Å²) in [7, 11) is 0. The molecule has 5 rings (SSSR count). The third-order valence-electron chi connectivity index (χ3n) is 6.85. The van der Waals surface area contributed by atoms with Crippen molar-refractivity contribution in [1.29, 1.82) is 0 Å². The third-order valence-corrected chi connectivity index (χ3v) is 6.85. The Bertz CT molecular complexity index is 1110. The number of aromatic nitrogens is 1. The molecule has 3 aromatic rings. The van der Waals surface area contributed by atoms with Gasteiger partial charge in [0.1, 0.15) is 31.6 Å². The van der Waals surface area contributed by atoms with Crippen molar-refractivity contribution >= 4 is 12.7 Å². The predicted octanol–water partition coefficient (Wildman–Crippen LogP) is 3.16. The fourth-order valence-corrected chi connectivity index (χ4v) is 4.68. The van der Waals surface area contributed by atoms with E-state index < -0.39 is 0 Å². The lowest BCUT2D eigenvalue weighted by atomic mass is 10.1. The quantitative estimate of drug-likeness (QED) is 0.217. The minimum atomic E-state index is 0.0545. The molecule has 11 heteroatoms. The number of aryl methyl sites for hydroxylation is 2. The lowest BCUT2D eigenvalue weighted by Crippen LogP contribution is -2.49. The van der Waals surface area contributed by atoms with Crippen LogP contribution in [0.5, 0.6) is 11.6 Å². The van der Waals surface area contributed by atoms with E-state index >= 15 is 0 Å². The second kappa shape index (κ2) is 14.7. The topological polar surface area (TPSA) is 111 Å². The molecule has 2 aromatic carbocycles. The predicted molar refractivity (Wildman–Crippen MR) is 155 cm³/mol. The lowest BCUT2D eigenvalue weighted by molar-refractivity contribution is 0.0638. The largest absolute Gasteiger partial charge is 0.492 e. The minimum Gasteiger partial charge on any atom is -0.492 e. The highest BCUT2D eigenvalue weighted by molar-refractivity contribution is 5.54. The summed E-state index contributed by atoms with van der Waals surface area (Å²) >= 11 is 0. The molecule has 2 aliphatic heterocycles. The van der Waals surface area contributed by atoms with Gasteiger partial charge >= 0.3 is 0 Å². The van der Waals surface area contributed by atoms with Gasteiger partial charge < -0.3 is 9.47 Å². The Balaban J connectivity index is 1.11. The van der Waals surface area contributed by atoms with E-state index in [-0.39, 0.29) is 12.1 Å². The Hall–Kier alpha value is -4.35. The van der Waals surface area contributed by atoms with Crippen LogP contribution in [0, 0.1) is 0 Å². The van der Waals surface area contributed by atoms with Crippen LogP contribution in [0.1, 0.15) is 36.8 Å². The number of ether oxygens (including phenoxy) is 2. The summed E-state index contributed by atoms with van der Waals surface area (Å²) in [6.45, 7) is 0.915. The van der Waals surface area contributed by atoms with Crippen molar-refractivity contribution < 1.29 is 9.47 Å². The third kappa shape index (κ3) is 8.32. The van der Waals surface area contributed by atoms with Crippen LogP contribution >= 0.6 is 0 Å². The molecule has 0 radical (unpaired) electrons. The Labute approximate surface area is 235 Å². The normalized spacial score (nSPS) is 16.0. The van der Waals surface area contributed by atoms with Gasteiger partial charge in [-0.25, -0.2) is 16.1 Å². The molecule has 0 fully saturated rings. The van der Waals surface area contributed by atoms with E-state index in [0.717, 1.165) is 38.5 Å². The average Bonchev–Trinajstić information content (AvgIpc) is 3.74. The number of hydrogen-bond acceptors (Lipinski definition) is 11. The summed E-state index contributed by atoms with van der Waals surface area (Å²) in [5, 5.41) is 11.9. The molecule has 0 amide bonds. The standard InChI is InChI=1S/C29H37N9O2/c1-3-9-24(10-4-1)13-7-15-26(37-33-22-31-35-37)20-39-28-17-18-30-29(19-28)40-21-27(38-34-23-32-36-38)16-8-14-25-11-5-2-6-12-25/h1-6,9-12,17-19,22-23,26-27,35-36H,7-8,13-16,20-21H2,(H,31,33)(H,32,34). The molecule has 2 atom stereocenters. The number of hydrazine groups is 4. The maximum absolute atomic E-state index is 6.19. The van der Waals surface area contributed by atoms with Crippen LogP contribution < -0.4 is 31.4 Å². The zero-order valence-corrected chi connectivity index (χ0v) is 22.5. The Morgan fingerprint density at radius 1 is 0.675 bits per heavy atom. The average molecular weight is 544 g/mol. The molecule has 1 aromatic heterocycles. The molecule has 2 unspecified atom stereocenters. The fourth-order valence-electron chi connectivity index (χ4n) is 4.68. The molecule has 0 aliphatic carbocycles. The highest BCUT2D eigenvalue weighted by Gasteiger charge is 2.22. The summed E-state index contributed by atoms with van der Waals surface area (Å²) in [6.07, 6.45) is 10.9. The first kappa shape index (κ1) is 27.2. The van der Waals surface area contributed by atoms with E-state index in [1.54, 1.807) is 18.9 Å². The first-order valence-corrected chi connectivity index (χ1v) is 13.8. The zero-order valence-electron chi connectivity index (χ0n) is 22.5. The van der Waals surface area contributed by atoms with E-state index in [4.69, 9.17) is 9.47 Å². The van der Waals surface area contributed by atoms with Crippen molar-refractivity contribution in [3.8, 4) is 11.6 Å². The molecule has 11 nitrogen and oxygen atoms in total. The summed E-state index contributed by atoms with van der Waals surface area (Å²) in [5.41, 5.74) is 14.9. The van der Waals surface area contributed by atoms with Gasteiger partial charge in [0, 0.05) is 12.3 Å². The van der Waals surface area contributed by atoms with Crippen molar-refractivity contribution in [3.05, 3.63) is 90.1 Å². The highest BCUT2D eigenvalue weighted by Crippen LogP contribution is 2.20. The number of nitrogens with one attached hydrogen (secondary N) is 4. The zero-order chi connectivity index (χ0) is 27.2. The number of rotatable bonds is 16. The minimum absolute atomic E-state index is 0.0545. The summed E-state index contributed by atoms with van der Waals surface area (Å²) in [5.74, 6) is 1.23. The van der Waals surface area contributed by atoms with E-state index in [9.17, 15) is 0 Å². The Kier molecular flexibility index (Phi) is 10.0. The van der Waals surface area contributed by atoms with Crippen LogP contribution in [0.15, 0.2) is 89.2 Å². The molecule has 4 N–H and O–H groups in total. The number of hydrazone groups is 2. The molecule has 0 saturated carbocycles. The van der Waals surface area contributed by atoms with Gasteiger partial charge in [0.15, 0.2) is 0 Å². The first-order valence-electron chi connectivity index (χ1n) is 13.8. The van der Waals surface area contributed by atoms with Crippen molar-refractivity contribution in [1.82, 2.24) is 37.1 Å². The van der Waals surface area contributed by atoms with Gasteiger partial charge in [0.25, 0.3) is 0 Å². The van der Waals surface area contributed by atoms with Gasteiger partial charge in [-0.1, -0.05) is 60.7 Å². The summed E-state index contributed by atoms with van der Waals surface area (Å²) in [4.78, 5) is 4.41. The lowest BCUT2D eigenvalue weighted by Gasteiger charge is -2.27. The van der Waals surface area contributed by atoms with Gasteiger partial charge in [0.2, 0.25) is 5.88 Å². The van der Waals surface area contributed by atoms with Crippen LogP contribution in [0.4, 0.5) is 0 Å². The van der Waals surface area contributed by atoms with Crippen molar-refractivity contribution in [2.24, 2.45) is 10.2 Å². The summed E-state index contributed by atoms with van der Waals surface area (Å²) < 4.78 is 12.3. The molecule has 40 heavy (non-hydrogen) atoms. The number of pyridine rings is 1. The van der Waals surface area contributed by atoms with Gasteiger partial charge in [-0.05, 0) is 55.7 Å². The van der Waals surface area contributed by atoms with Crippen LogP contribution in [0.25, 0.3) is 0 Å². The second-order valence-electron chi connectivity index (χ2n) is 9.73. The van der Waals surface area contributed by atoms with Crippen molar-refractivity contribution in [2.75, 3.05) is 13.2 Å². The van der Waals surface area contributed by atoms with E-state index in [2.05, 4.69) is 85.6 Å². The van der Waals surface area contributed by atoms with Crippen LogP contribution in [-0.2, 0) is 12.8 Å². The van der Waals surface area contributed by atoms with E-state index in [1.165, 1.54) is 11.1 Å². The van der Waals surface area contributed by atoms with Crippen LogP contribution in [-0.4, -0.2) is 53.2 Å². The summed E-state index contributed by atoms with van der Waals surface area (Å²) in [6, 6.07) is 24.9. The second-order valence-corrected chi connectivity index (χ2v) is 9.73. The van der Waals surface area contributed by atoms with Gasteiger partial charge in [0.05, 0.1) is 12.1 Å². The van der Waals surface area contributed by atoms with Crippen molar-refractivity contribution in [2.45, 2.75) is 50.6 Å². The monoisotopic (exact) mass is 543 g/mol. The SMILES string of the molecule is C1=NNN(C(CCCc2ccccc2)COc2ccnc(OCC(CCCc3ccccc3)N3NC=NN3)c2)N1. The van der Waals surface area contributed by atoms with E-state index in [1.807, 2.05) is 34.5 Å². The number of hydrogen-bond donors (Lipinski definition) is 4. The van der Waals surface area contributed by atoms with Crippen LogP contribution in [0.3, 0.4) is 0 Å². The number of benzene rings is 2. The fraction of sp³-hybridized carbons (Fsp3) is 0.345. The maximum atomic E-state index is 6.19. The smallest absolute Gasteiger partial charge is 0.216 e. The van der Waals surface area contributed by atoms with Gasteiger partial charge in [-0.2, -0.15) is 10.2 Å². The number of nitrogens with zero attached hydrogens (tertiary/aromatic N) is 5. The van der Waals surface area contributed by atoms with Gasteiger partial charge in [-0.15, -0.1) is 10.2 Å². The van der Waals surface area contributed by atoms with E-state index in [0.29, 0.717) is 24.8 Å². The highest BCUT2D eigenvalue weighted by atomic mass is 16.5. The van der Waals surface area contributed by atoms with Gasteiger partial charge in [-0.3, -0.25) is 10.9 Å².